The van der Waals surface area contributed by atoms with Crippen molar-refractivity contribution in [3.05, 3.63) is 34.4 Å². The summed E-state index contributed by atoms with van der Waals surface area (Å²) in [5.41, 5.74) is 2.80. The smallest absolute Gasteiger partial charge is 0.0496 e. The number of aromatic nitrogens is 1. The van der Waals surface area contributed by atoms with E-state index in [0.29, 0.717) is 0 Å². The normalized spacial score (nSPS) is 17.8. The van der Waals surface area contributed by atoms with Gasteiger partial charge in [-0.2, -0.15) is 0 Å². The number of fused-ring (bicyclic) bond motifs is 1. The van der Waals surface area contributed by atoms with Crippen LogP contribution in [0.25, 0.3) is 10.9 Å². The Morgan fingerprint density at radius 1 is 1.12 bits per heavy atom. The third kappa shape index (κ3) is 2.03. The molecule has 1 nitrogen and oxygen atoms in total. The molecule has 17 heavy (non-hydrogen) atoms. The van der Waals surface area contributed by atoms with Crippen molar-refractivity contribution < 1.29 is 0 Å². The predicted molar refractivity (Wildman–Crippen MR) is 76.5 cm³/mol. The number of hydrogen-bond donors (Lipinski definition) is 0. The highest BCUT2D eigenvalue weighted by atomic mass is 79.9. The van der Waals surface area contributed by atoms with Gasteiger partial charge in [-0.1, -0.05) is 41.3 Å². The van der Waals surface area contributed by atoms with E-state index in [-0.39, 0.29) is 0 Å². The summed E-state index contributed by atoms with van der Waals surface area (Å²) in [6.07, 6.45) is 6.88. The van der Waals surface area contributed by atoms with Crippen molar-refractivity contribution in [3.8, 4) is 0 Å². The summed E-state index contributed by atoms with van der Waals surface area (Å²) in [6.45, 7) is 2.24. The monoisotopic (exact) mass is 291 g/mol. The fraction of sp³-hybridized carbons (Fsp3) is 0.467. The highest BCUT2D eigenvalue weighted by Crippen LogP contribution is 2.34. The third-order valence-corrected chi connectivity index (χ3v) is 4.43. The van der Waals surface area contributed by atoms with Crippen molar-refractivity contribution in [2.45, 2.75) is 45.1 Å². The Morgan fingerprint density at radius 2 is 1.88 bits per heavy atom. The van der Waals surface area contributed by atoms with E-state index in [2.05, 4.69) is 51.7 Å². The molecule has 0 radical (unpaired) electrons. The summed E-state index contributed by atoms with van der Waals surface area (Å²) in [7, 11) is 0. The Bertz CT molecular complexity index is 535. The molecule has 2 heteroatoms. The number of hydrogen-bond acceptors (Lipinski definition) is 0. The first kappa shape index (κ1) is 11.3. The molecular formula is C15H18BrN. The van der Waals surface area contributed by atoms with Gasteiger partial charge in [-0.05, 0) is 43.4 Å². The second-order valence-corrected chi connectivity index (χ2v) is 6.07. The maximum atomic E-state index is 3.59. The number of nitrogens with zero attached hydrogens (tertiary/aromatic N) is 1. The second kappa shape index (κ2) is 4.49. The fourth-order valence-corrected chi connectivity index (χ4v) is 3.51. The molecule has 0 aliphatic heterocycles. The predicted octanol–water partition coefficient (Wildman–Crippen LogP) is 5.22. The van der Waals surface area contributed by atoms with Gasteiger partial charge in [0, 0.05) is 21.7 Å². The van der Waals surface area contributed by atoms with E-state index >= 15 is 0 Å². The molecule has 1 fully saturated rings. The van der Waals surface area contributed by atoms with Crippen molar-refractivity contribution in [1.29, 1.82) is 0 Å². The number of benzene rings is 1. The maximum Gasteiger partial charge on any atom is 0.0496 e. The molecule has 1 aliphatic rings. The van der Waals surface area contributed by atoms with E-state index in [4.69, 9.17) is 0 Å². The number of rotatable bonds is 1. The van der Waals surface area contributed by atoms with E-state index in [1.165, 1.54) is 53.2 Å². The van der Waals surface area contributed by atoms with Crippen LogP contribution < -0.4 is 0 Å². The standard InChI is InChI=1S/C15H18BrN/c1-11-9-12-7-8-13(16)10-15(12)17(11)14-5-3-2-4-6-14/h7-10,14H,2-6H2,1H3. The van der Waals surface area contributed by atoms with Crippen LogP contribution in [0.1, 0.15) is 43.8 Å². The molecular weight excluding hydrogens is 274 g/mol. The van der Waals surface area contributed by atoms with E-state index in [9.17, 15) is 0 Å². The van der Waals surface area contributed by atoms with Gasteiger partial charge in [-0.15, -0.1) is 0 Å². The lowest BCUT2D eigenvalue weighted by atomic mass is 9.95. The van der Waals surface area contributed by atoms with Crippen LogP contribution in [-0.2, 0) is 0 Å². The Morgan fingerprint density at radius 3 is 2.65 bits per heavy atom. The van der Waals surface area contributed by atoms with Crippen molar-refractivity contribution in [3.63, 3.8) is 0 Å². The van der Waals surface area contributed by atoms with Gasteiger partial charge in [0.25, 0.3) is 0 Å². The summed E-state index contributed by atoms with van der Waals surface area (Å²) < 4.78 is 3.74. The van der Waals surface area contributed by atoms with Crippen molar-refractivity contribution >= 4 is 26.8 Å². The van der Waals surface area contributed by atoms with Gasteiger partial charge >= 0.3 is 0 Å². The largest absolute Gasteiger partial charge is 0.342 e. The molecule has 90 valence electrons. The van der Waals surface area contributed by atoms with Crippen LogP contribution >= 0.6 is 15.9 Å². The van der Waals surface area contributed by atoms with Gasteiger partial charge in [-0.25, -0.2) is 0 Å². The molecule has 0 spiro atoms. The first-order valence-electron chi connectivity index (χ1n) is 6.53. The molecule has 1 aliphatic carbocycles. The van der Waals surface area contributed by atoms with Crippen LogP contribution in [0.4, 0.5) is 0 Å². The molecule has 2 aromatic rings. The minimum absolute atomic E-state index is 0.718. The topological polar surface area (TPSA) is 4.93 Å². The summed E-state index contributed by atoms with van der Waals surface area (Å²) in [6, 6.07) is 9.64. The van der Waals surface area contributed by atoms with Gasteiger partial charge in [0.05, 0.1) is 0 Å². The third-order valence-electron chi connectivity index (χ3n) is 3.94. The highest BCUT2D eigenvalue weighted by molar-refractivity contribution is 9.10. The molecule has 0 saturated heterocycles. The lowest BCUT2D eigenvalue weighted by molar-refractivity contribution is 0.357. The minimum atomic E-state index is 0.718. The molecule has 0 amide bonds. The van der Waals surface area contributed by atoms with Gasteiger partial charge in [0.1, 0.15) is 0 Å². The summed E-state index contributed by atoms with van der Waals surface area (Å²) >= 11 is 3.59. The van der Waals surface area contributed by atoms with E-state index in [0.717, 1.165) is 6.04 Å². The Hall–Kier alpha value is -0.760. The van der Waals surface area contributed by atoms with Crippen LogP contribution in [0, 0.1) is 6.92 Å². The van der Waals surface area contributed by atoms with Crippen LogP contribution in [-0.4, -0.2) is 4.57 Å². The van der Waals surface area contributed by atoms with Crippen LogP contribution in [0.5, 0.6) is 0 Å². The average molecular weight is 292 g/mol. The maximum absolute atomic E-state index is 3.59. The van der Waals surface area contributed by atoms with Gasteiger partial charge in [0.2, 0.25) is 0 Å². The highest BCUT2D eigenvalue weighted by Gasteiger charge is 2.18. The van der Waals surface area contributed by atoms with E-state index in [1.54, 1.807) is 0 Å². The fourth-order valence-electron chi connectivity index (χ4n) is 3.16. The molecule has 1 aromatic heterocycles. The lowest BCUT2D eigenvalue weighted by Crippen LogP contribution is -2.13. The molecule has 3 rings (SSSR count). The quantitative estimate of drug-likeness (QED) is 0.679. The number of aryl methyl sites for hydroxylation is 1. The van der Waals surface area contributed by atoms with Crippen LogP contribution in [0.3, 0.4) is 0 Å². The molecule has 1 heterocycles. The lowest BCUT2D eigenvalue weighted by Gasteiger charge is -2.25. The minimum Gasteiger partial charge on any atom is -0.342 e. The molecule has 1 saturated carbocycles. The Balaban J connectivity index is 2.13. The molecule has 0 bridgehead atoms. The summed E-state index contributed by atoms with van der Waals surface area (Å²) in [5, 5.41) is 1.37. The first-order valence-corrected chi connectivity index (χ1v) is 7.32. The van der Waals surface area contributed by atoms with E-state index < -0.39 is 0 Å². The van der Waals surface area contributed by atoms with Gasteiger partial charge < -0.3 is 4.57 Å². The zero-order chi connectivity index (χ0) is 11.8. The van der Waals surface area contributed by atoms with Gasteiger partial charge in [0.15, 0.2) is 0 Å². The number of halogens is 1. The van der Waals surface area contributed by atoms with Crippen LogP contribution in [0.15, 0.2) is 28.7 Å². The van der Waals surface area contributed by atoms with Crippen molar-refractivity contribution in [2.24, 2.45) is 0 Å². The molecule has 0 atom stereocenters. The summed E-state index contributed by atoms with van der Waals surface area (Å²) in [4.78, 5) is 0. The SMILES string of the molecule is Cc1cc2ccc(Br)cc2n1C1CCCCC1. The summed E-state index contributed by atoms with van der Waals surface area (Å²) in [5.74, 6) is 0. The van der Waals surface area contributed by atoms with Gasteiger partial charge in [-0.3, -0.25) is 0 Å². The average Bonchev–Trinajstić information content (AvgIpc) is 2.65. The van der Waals surface area contributed by atoms with E-state index in [1.807, 2.05) is 0 Å². The second-order valence-electron chi connectivity index (χ2n) is 5.15. The zero-order valence-electron chi connectivity index (χ0n) is 10.2. The molecule has 0 unspecified atom stereocenters. The molecule has 1 aromatic carbocycles. The Labute approximate surface area is 111 Å². The zero-order valence-corrected chi connectivity index (χ0v) is 11.8. The first-order chi connectivity index (χ1) is 8.25. The Kier molecular flexibility index (Phi) is 2.99. The molecule has 0 N–H and O–H groups in total. The van der Waals surface area contributed by atoms with Crippen molar-refractivity contribution in [1.82, 2.24) is 4.57 Å². The van der Waals surface area contributed by atoms with Crippen molar-refractivity contribution in [2.75, 3.05) is 0 Å². The van der Waals surface area contributed by atoms with Crippen LogP contribution in [0.2, 0.25) is 0 Å².